The minimum atomic E-state index is -1.06. The van der Waals surface area contributed by atoms with Crippen LogP contribution in [0.3, 0.4) is 0 Å². The average Bonchev–Trinajstić information content (AvgIpc) is 3.32. The van der Waals surface area contributed by atoms with E-state index in [-0.39, 0.29) is 18.9 Å². The number of aryl methyl sites for hydroxylation is 2. The van der Waals surface area contributed by atoms with Crippen molar-refractivity contribution in [3.63, 3.8) is 0 Å². The molecule has 0 spiro atoms. The van der Waals surface area contributed by atoms with Crippen LogP contribution in [0, 0.1) is 6.92 Å². The number of carbonyl (C=O) groups is 2. The fraction of sp³-hybridized carbons (Fsp3) is 0.290. The first kappa shape index (κ1) is 28.5. The smallest absolute Gasteiger partial charge is 0.327 e. The minimum absolute atomic E-state index is 0.0842. The molecule has 2 heterocycles. The molecule has 3 N–H and O–H groups in total. The van der Waals surface area contributed by atoms with Crippen molar-refractivity contribution in [2.75, 3.05) is 6.61 Å². The zero-order valence-electron chi connectivity index (χ0n) is 22.8. The van der Waals surface area contributed by atoms with E-state index in [4.69, 9.17) is 24.7 Å². The van der Waals surface area contributed by atoms with Gasteiger partial charge in [-0.15, -0.1) is 0 Å². The van der Waals surface area contributed by atoms with Gasteiger partial charge >= 0.3 is 11.9 Å². The Morgan fingerprint density at radius 1 is 1.02 bits per heavy atom. The number of carbonyl (C=O) groups excluding carboxylic acids is 1. The molecule has 9 heteroatoms. The van der Waals surface area contributed by atoms with Gasteiger partial charge in [0.15, 0.2) is 0 Å². The summed E-state index contributed by atoms with van der Waals surface area (Å²) in [6.07, 6.45) is 3.89. The molecule has 0 aliphatic carbocycles. The Morgan fingerprint density at radius 2 is 1.77 bits per heavy atom. The van der Waals surface area contributed by atoms with Crippen molar-refractivity contribution in [1.29, 1.82) is 0 Å². The number of aromatic nitrogens is 2. The van der Waals surface area contributed by atoms with Crippen LogP contribution in [0.2, 0.25) is 0 Å². The minimum Gasteiger partial charge on any atom is -0.493 e. The number of oxazole rings is 1. The van der Waals surface area contributed by atoms with E-state index in [2.05, 4.69) is 9.97 Å². The molecule has 1 unspecified atom stereocenters. The molecule has 0 fully saturated rings. The number of benzene rings is 2. The second-order valence-electron chi connectivity index (χ2n) is 9.66. The molecule has 0 saturated heterocycles. The van der Waals surface area contributed by atoms with E-state index in [1.807, 2.05) is 49.5 Å². The van der Waals surface area contributed by atoms with Gasteiger partial charge < -0.3 is 24.7 Å². The SMILES string of the molecule is Cc1oc(-c2ccc(-c3cccnc3)cc2)nc1CCOc1ccc(CCC(=O)O)c(C(N)C(=O)OC(C)C)c1. The van der Waals surface area contributed by atoms with Crippen molar-refractivity contribution < 1.29 is 28.6 Å². The van der Waals surface area contributed by atoms with Crippen LogP contribution in [-0.4, -0.2) is 39.7 Å². The van der Waals surface area contributed by atoms with E-state index in [0.717, 1.165) is 22.4 Å². The first-order valence-corrected chi connectivity index (χ1v) is 13.1. The predicted molar refractivity (Wildman–Crippen MR) is 150 cm³/mol. The third-order valence-corrected chi connectivity index (χ3v) is 6.29. The molecule has 9 nitrogen and oxygen atoms in total. The van der Waals surface area contributed by atoms with Crippen molar-refractivity contribution in [1.82, 2.24) is 9.97 Å². The van der Waals surface area contributed by atoms with Gasteiger partial charge in [-0.2, -0.15) is 0 Å². The van der Waals surface area contributed by atoms with E-state index in [1.165, 1.54) is 0 Å². The maximum atomic E-state index is 12.5. The molecular formula is C31H33N3O6. The van der Waals surface area contributed by atoms with Gasteiger partial charge in [-0.1, -0.05) is 24.3 Å². The van der Waals surface area contributed by atoms with Crippen molar-refractivity contribution in [2.24, 2.45) is 5.73 Å². The lowest BCUT2D eigenvalue weighted by molar-refractivity contribution is -0.149. The molecular weight excluding hydrogens is 510 g/mol. The number of aliphatic carboxylic acids is 1. The zero-order valence-corrected chi connectivity index (χ0v) is 22.8. The number of rotatable bonds is 12. The van der Waals surface area contributed by atoms with Crippen LogP contribution >= 0.6 is 0 Å². The number of carboxylic acid groups (broad SMARTS) is 1. The highest BCUT2D eigenvalue weighted by Gasteiger charge is 2.23. The molecule has 0 aliphatic heterocycles. The summed E-state index contributed by atoms with van der Waals surface area (Å²) in [6.45, 7) is 5.66. The molecule has 0 radical (unpaired) electrons. The predicted octanol–water partition coefficient (Wildman–Crippen LogP) is 5.30. The number of hydrogen-bond acceptors (Lipinski definition) is 8. The van der Waals surface area contributed by atoms with Gasteiger partial charge in [0.1, 0.15) is 17.6 Å². The maximum absolute atomic E-state index is 12.5. The Balaban J connectivity index is 1.43. The third kappa shape index (κ3) is 7.33. The molecule has 2 aromatic carbocycles. The number of carboxylic acids is 1. The summed E-state index contributed by atoms with van der Waals surface area (Å²) in [7, 11) is 0. The molecule has 4 aromatic rings. The zero-order chi connectivity index (χ0) is 28.6. The van der Waals surface area contributed by atoms with Crippen LogP contribution in [0.5, 0.6) is 5.75 Å². The van der Waals surface area contributed by atoms with Gasteiger partial charge in [-0.05, 0) is 79.8 Å². The average molecular weight is 544 g/mol. The van der Waals surface area contributed by atoms with E-state index in [9.17, 15) is 9.59 Å². The number of ether oxygens (including phenoxy) is 2. The number of nitrogens with zero attached hydrogens (tertiary/aromatic N) is 2. The molecule has 40 heavy (non-hydrogen) atoms. The molecule has 4 rings (SSSR count). The summed E-state index contributed by atoms with van der Waals surface area (Å²) in [5.74, 6) is 0.233. The van der Waals surface area contributed by atoms with Crippen molar-refractivity contribution in [2.45, 2.75) is 52.2 Å². The second kappa shape index (κ2) is 13.0. The first-order chi connectivity index (χ1) is 19.2. The number of hydrogen-bond donors (Lipinski definition) is 2. The monoisotopic (exact) mass is 543 g/mol. The number of pyridine rings is 1. The highest BCUT2D eigenvalue weighted by molar-refractivity contribution is 5.78. The van der Waals surface area contributed by atoms with Crippen LogP contribution in [0.25, 0.3) is 22.6 Å². The van der Waals surface area contributed by atoms with E-state index in [0.29, 0.717) is 41.6 Å². The van der Waals surface area contributed by atoms with Crippen molar-refractivity contribution >= 4 is 11.9 Å². The van der Waals surface area contributed by atoms with Crippen molar-refractivity contribution in [3.05, 3.63) is 89.6 Å². The lowest BCUT2D eigenvalue weighted by atomic mass is 9.97. The van der Waals surface area contributed by atoms with Crippen LogP contribution < -0.4 is 10.5 Å². The summed E-state index contributed by atoms with van der Waals surface area (Å²) in [5.41, 5.74) is 11.1. The van der Waals surface area contributed by atoms with Gasteiger partial charge in [-0.3, -0.25) is 9.78 Å². The van der Waals surface area contributed by atoms with E-state index in [1.54, 1.807) is 38.2 Å². The summed E-state index contributed by atoms with van der Waals surface area (Å²) in [5, 5.41) is 9.10. The normalized spacial score (nSPS) is 11.8. The first-order valence-electron chi connectivity index (χ1n) is 13.1. The topological polar surface area (TPSA) is 138 Å². The van der Waals surface area contributed by atoms with Gasteiger partial charge in [0, 0.05) is 30.8 Å². The van der Waals surface area contributed by atoms with Gasteiger partial charge in [0.25, 0.3) is 0 Å². The summed E-state index contributed by atoms with van der Waals surface area (Å²) >= 11 is 0. The summed E-state index contributed by atoms with van der Waals surface area (Å²) in [6, 6.07) is 16.0. The Hall–Kier alpha value is -4.50. The summed E-state index contributed by atoms with van der Waals surface area (Å²) in [4.78, 5) is 32.4. The highest BCUT2D eigenvalue weighted by atomic mass is 16.5. The largest absolute Gasteiger partial charge is 0.493 e. The van der Waals surface area contributed by atoms with Crippen LogP contribution in [0.15, 0.2) is 71.4 Å². The van der Waals surface area contributed by atoms with Crippen LogP contribution in [0.4, 0.5) is 0 Å². The Morgan fingerprint density at radius 3 is 2.45 bits per heavy atom. The summed E-state index contributed by atoms with van der Waals surface area (Å²) < 4.78 is 17.2. The second-order valence-corrected chi connectivity index (χ2v) is 9.66. The third-order valence-electron chi connectivity index (χ3n) is 6.29. The Bertz CT molecular complexity index is 1450. The fourth-order valence-corrected chi connectivity index (χ4v) is 4.24. The number of esters is 1. The molecule has 0 aliphatic rings. The van der Waals surface area contributed by atoms with E-state index < -0.39 is 18.0 Å². The standard InChI is InChI=1S/C31H33N3O6/c1-19(2)39-31(37)29(32)26-17-25(12-10-22(26)11-13-28(35)36)38-16-14-27-20(3)40-30(34-27)23-8-6-21(7-9-23)24-5-4-15-33-18-24/h4-10,12,15,17-19,29H,11,13-14,16,32H2,1-3H3,(H,35,36). The quantitative estimate of drug-likeness (QED) is 0.228. The molecule has 2 aromatic heterocycles. The molecule has 208 valence electrons. The van der Waals surface area contributed by atoms with Crippen LogP contribution in [0.1, 0.15) is 48.9 Å². The number of nitrogens with two attached hydrogens (primary N) is 1. The van der Waals surface area contributed by atoms with Crippen molar-refractivity contribution in [3.8, 4) is 28.3 Å². The molecule has 1 atom stereocenters. The molecule has 0 bridgehead atoms. The van der Waals surface area contributed by atoms with Crippen LogP contribution in [-0.2, 0) is 27.2 Å². The van der Waals surface area contributed by atoms with Gasteiger partial charge in [0.2, 0.25) is 5.89 Å². The Labute approximate surface area is 233 Å². The highest BCUT2D eigenvalue weighted by Crippen LogP contribution is 2.27. The lowest BCUT2D eigenvalue weighted by Gasteiger charge is -2.18. The van der Waals surface area contributed by atoms with E-state index >= 15 is 0 Å². The maximum Gasteiger partial charge on any atom is 0.327 e. The fourth-order valence-electron chi connectivity index (χ4n) is 4.24. The van der Waals surface area contributed by atoms with Gasteiger partial charge in [-0.25, -0.2) is 9.78 Å². The molecule has 0 saturated carbocycles. The molecule has 0 amide bonds. The Kier molecular flexibility index (Phi) is 9.29. The van der Waals surface area contributed by atoms with Gasteiger partial charge in [0.05, 0.1) is 18.4 Å². The lowest BCUT2D eigenvalue weighted by Crippen LogP contribution is -2.27.